The summed E-state index contributed by atoms with van der Waals surface area (Å²) in [7, 11) is 3.16. The molecule has 0 spiro atoms. The van der Waals surface area contributed by atoms with Crippen LogP contribution in [0.1, 0.15) is 24.1 Å². The van der Waals surface area contributed by atoms with Crippen LogP contribution in [-0.4, -0.2) is 56.2 Å². The summed E-state index contributed by atoms with van der Waals surface area (Å²) in [6.07, 6.45) is -0.316. The number of nitrogens with zero attached hydrogens (tertiary/aromatic N) is 3. The van der Waals surface area contributed by atoms with Gasteiger partial charge in [0.15, 0.2) is 0 Å². The monoisotopic (exact) mass is 367 g/mol. The number of benzene rings is 2. The third kappa shape index (κ3) is 4.80. The SMILES string of the molecule is COC(=O)N(C)Cc1cccc(N2CCN(C(C)c3ccccc3)CC2)c1. The molecule has 2 aromatic rings. The Labute approximate surface area is 162 Å². The minimum absolute atomic E-state index is 0.316. The zero-order chi connectivity index (χ0) is 19.2. The van der Waals surface area contributed by atoms with Gasteiger partial charge in [0.25, 0.3) is 0 Å². The van der Waals surface area contributed by atoms with Crippen LogP contribution in [0.25, 0.3) is 0 Å². The molecule has 3 rings (SSSR count). The van der Waals surface area contributed by atoms with Crippen LogP contribution in [0.2, 0.25) is 0 Å². The highest BCUT2D eigenvalue weighted by molar-refractivity contribution is 5.67. The van der Waals surface area contributed by atoms with Gasteiger partial charge in [-0.25, -0.2) is 4.79 Å². The van der Waals surface area contributed by atoms with Gasteiger partial charge in [-0.15, -0.1) is 0 Å². The summed E-state index contributed by atoms with van der Waals surface area (Å²) in [4.78, 5) is 18.2. The maximum absolute atomic E-state index is 11.6. The number of carbonyl (C=O) groups excluding carboxylic acids is 1. The highest BCUT2D eigenvalue weighted by Gasteiger charge is 2.22. The van der Waals surface area contributed by atoms with Gasteiger partial charge < -0.3 is 14.5 Å². The second kappa shape index (κ2) is 8.91. The van der Waals surface area contributed by atoms with E-state index in [1.165, 1.54) is 18.4 Å². The highest BCUT2D eigenvalue weighted by Crippen LogP contribution is 2.24. The van der Waals surface area contributed by atoms with Crippen molar-refractivity contribution in [3.63, 3.8) is 0 Å². The second-order valence-electron chi connectivity index (χ2n) is 7.11. The Hall–Kier alpha value is -2.53. The second-order valence-corrected chi connectivity index (χ2v) is 7.11. The fourth-order valence-corrected chi connectivity index (χ4v) is 3.66. The van der Waals surface area contributed by atoms with Crippen molar-refractivity contribution in [1.29, 1.82) is 0 Å². The van der Waals surface area contributed by atoms with Crippen LogP contribution in [0.3, 0.4) is 0 Å². The molecule has 2 aromatic carbocycles. The molecule has 0 bridgehead atoms. The van der Waals surface area contributed by atoms with Gasteiger partial charge in [-0.3, -0.25) is 4.90 Å². The Morgan fingerprint density at radius 1 is 1.07 bits per heavy atom. The van der Waals surface area contributed by atoms with Gasteiger partial charge in [0.2, 0.25) is 0 Å². The molecule has 0 aliphatic carbocycles. The van der Waals surface area contributed by atoms with Crippen molar-refractivity contribution in [2.24, 2.45) is 0 Å². The molecule has 0 saturated carbocycles. The van der Waals surface area contributed by atoms with Crippen molar-refractivity contribution >= 4 is 11.8 Å². The third-order valence-electron chi connectivity index (χ3n) is 5.33. The summed E-state index contributed by atoms with van der Waals surface area (Å²) in [6.45, 7) is 6.94. The number of amides is 1. The first kappa shape index (κ1) is 19.2. The average Bonchev–Trinajstić information content (AvgIpc) is 2.73. The summed E-state index contributed by atoms with van der Waals surface area (Å²) in [5.41, 5.74) is 3.71. The Bertz CT molecular complexity index is 742. The average molecular weight is 367 g/mol. The quantitative estimate of drug-likeness (QED) is 0.806. The molecule has 1 aliphatic rings. The lowest BCUT2D eigenvalue weighted by Crippen LogP contribution is -2.47. The zero-order valence-electron chi connectivity index (χ0n) is 16.5. The number of anilines is 1. The molecule has 1 aliphatic heterocycles. The first-order chi connectivity index (χ1) is 13.1. The molecular formula is C22H29N3O2. The molecule has 1 atom stereocenters. The molecule has 0 aromatic heterocycles. The summed E-state index contributed by atoms with van der Waals surface area (Å²) in [6, 6.07) is 19.6. The summed E-state index contributed by atoms with van der Waals surface area (Å²) in [5.74, 6) is 0. The van der Waals surface area contributed by atoms with E-state index in [0.717, 1.165) is 31.7 Å². The predicted molar refractivity (Wildman–Crippen MR) is 109 cm³/mol. The van der Waals surface area contributed by atoms with Crippen molar-refractivity contribution in [3.05, 3.63) is 65.7 Å². The van der Waals surface area contributed by atoms with Crippen LogP contribution in [0.4, 0.5) is 10.5 Å². The minimum Gasteiger partial charge on any atom is -0.453 e. The molecule has 5 nitrogen and oxygen atoms in total. The van der Waals surface area contributed by atoms with E-state index in [9.17, 15) is 4.79 Å². The Morgan fingerprint density at radius 3 is 2.44 bits per heavy atom. The predicted octanol–water partition coefficient (Wildman–Crippen LogP) is 3.77. The van der Waals surface area contributed by atoms with Crippen molar-refractivity contribution < 1.29 is 9.53 Å². The molecule has 27 heavy (non-hydrogen) atoms. The smallest absolute Gasteiger partial charge is 0.409 e. The van der Waals surface area contributed by atoms with E-state index in [0.29, 0.717) is 12.6 Å². The largest absolute Gasteiger partial charge is 0.453 e. The van der Waals surface area contributed by atoms with Crippen LogP contribution in [-0.2, 0) is 11.3 Å². The minimum atomic E-state index is -0.316. The number of carbonyl (C=O) groups is 1. The number of rotatable bonds is 5. The zero-order valence-corrected chi connectivity index (χ0v) is 16.5. The Kier molecular flexibility index (Phi) is 6.35. The van der Waals surface area contributed by atoms with Gasteiger partial charge in [-0.1, -0.05) is 42.5 Å². The van der Waals surface area contributed by atoms with Gasteiger partial charge in [-0.05, 0) is 30.2 Å². The summed E-state index contributed by atoms with van der Waals surface area (Å²) < 4.78 is 4.77. The van der Waals surface area contributed by atoms with E-state index in [2.05, 4.69) is 71.3 Å². The van der Waals surface area contributed by atoms with Crippen LogP contribution < -0.4 is 4.90 Å². The lowest BCUT2D eigenvalue weighted by atomic mass is 10.1. The number of hydrogen-bond acceptors (Lipinski definition) is 4. The maximum atomic E-state index is 11.6. The van der Waals surface area contributed by atoms with E-state index in [1.54, 1.807) is 11.9 Å². The van der Waals surface area contributed by atoms with Crippen molar-refractivity contribution in [2.45, 2.75) is 19.5 Å². The number of ether oxygens (including phenoxy) is 1. The van der Waals surface area contributed by atoms with Crippen LogP contribution in [0, 0.1) is 0 Å². The van der Waals surface area contributed by atoms with Crippen LogP contribution in [0.5, 0.6) is 0 Å². The maximum Gasteiger partial charge on any atom is 0.409 e. The molecule has 1 amide bonds. The van der Waals surface area contributed by atoms with E-state index in [1.807, 2.05) is 0 Å². The lowest BCUT2D eigenvalue weighted by molar-refractivity contribution is 0.131. The number of hydrogen-bond donors (Lipinski definition) is 0. The van der Waals surface area contributed by atoms with Crippen molar-refractivity contribution in [1.82, 2.24) is 9.80 Å². The van der Waals surface area contributed by atoms with Crippen molar-refractivity contribution in [3.8, 4) is 0 Å². The fraction of sp³-hybridized carbons (Fsp3) is 0.409. The molecule has 144 valence electrons. The molecule has 5 heteroatoms. The van der Waals surface area contributed by atoms with Gasteiger partial charge in [0.1, 0.15) is 0 Å². The van der Waals surface area contributed by atoms with E-state index < -0.39 is 0 Å². The topological polar surface area (TPSA) is 36.0 Å². The fourth-order valence-electron chi connectivity index (χ4n) is 3.66. The van der Waals surface area contributed by atoms with Gasteiger partial charge in [0, 0.05) is 51.5 Å². The Balaban J connectivity index is 1.59. The van der Waals surface area contributed by atoms with E-state index in [4.69, 9.17) is 4.74 Å². The lowest BCUT2D eigenvalue weighted by Gasteiger charge is -2.39. The number of piperazine rings is 1. The van der Waals surface area contributed by atoms with E-state index >= 15 is 0 Å². The first-order valence-corrected chi connectivity index (χ1v) is 9.50. The molecule has 1 unspecified atom stereocenters. The van der Waals surface area contributed by atoms with Gasteiger partial charge >= 0.3 is 6.09 Å². The van der Waals surface area contributed by atoms with Gasteiger partial charge in [0.05, 0.1) is 7.11 Å². The summed E-state index contributed by atoms with van der Waals surface area (Å²) in [5, 5.41) is 0. The first-order valence-electron chi connectivity index (χ1n) is 9.50. The molecule has 1 fully saturated rings. The summed E-state index contributed by atoms with van der Waals surface area (Å²) >= 11 is 0. The number of methoxy groups -OCH3 is 1. The highest BCUT2D eigenvalue weighted by atomic mass is 16.5. The standard InChI is InChI=1S/C22H29N3O2/c1-18(20-9-5-4-6-10-20)24-12-14-25(15-13-24)21-11-7-8-19(16-21)17-23(2)22(26)27-3/h4-11,16,18H,12-15,17H2,1-3H3. The molecule has 1 heterocycles. The third-order valence-corrected chi connectivity index (χ3v) is 5.33. The van der Waals surface area contributed by atoms with Gasteiger partial charge in [-0.2, -0.15) is 0 Å². The van der Waals surface area contributed by atoms with Crippen LogP contribution in [0.15, 0.2) is 54.6 Å². The van der Waals surface area contributed by atoms with E-state index in [-0.39, 0.29) is 6.09 Å². The molecule has 0 N–H and O–H groups in total. The molecule has 1 saturated heterocycles. The van der Waals surface area contributed by atoms with Crippen molar-refractivity contribution in [2.75, 3.05) is 45.2 Å². The van der Waals surface area contributed by atoms with Crippen LogP contribution >= 0.6 is 0 Å². The Morgan fingerprint density at radius 2 is 1.78 bits per heavy atom. The molecule has 0 radical (unpaired) electrons. The molecular weight excluding hydrogens is 338 g/mol. The normalized spacial score (nSPS) is 16.0.